The van der Waals surface area contributed by atoms with Gasteiger partial charge >= 0.3 is 6.18 Å². The lowest BCUT2D eigenvalue weighted by molar-refractivity contribution is -0.144. The standard InChI is InChI=1S/C10H5BrClF3N2/c1-4-2-5-7(6(11)3-4)16-9(10(13,14)15)17-8(5)12/h2-3H,1H3. The second-order valence-electron chi connectivity index (χ2n) is 3.48. The van der Waals surface area contributed by atoms with E-state index in [1.807, 2.05) is 0 Å². The van der Waals surface area contributed by atoms with Crippen LogP contribution in [0.1, 0.15) is 11.4 Å². The molecule has 2 rings (SSSR count). The molecule has 17 heavy (non-hydrogen) atoms. The van der Waals surface area contributed by atoms with E-state index in [4.69, 9.17) is 11.6 Å². The average Bonchev–Trinajstić information content (AvgIpc) is 2.17. The lowest BCUT2D eigenvalue weighted by Crippen LogP contribution is -2.11. The fraction of sp³-hybridized carbons (Fsp3) is 0.200. The fourth-order valence-corrected chi connectivity index (χ4v) is 2.30. The lowest BCUT2D eigenvalue weighted by Gasteiger charge is -2.09. The summed E-state index contributed by atoms with van der Waals surface area (Å²) in [6.07, 6.45) is -4.61. The Bertz CT molecular complexity index is 598. The third kappa shape index (κ3) is 2.37. The number of aryl methyl sites for hydroxylation is 1. The van der Waals surface area contributed by atoms with Gasteiger partial charge in [0.15, 0.2) is 0 Å². The number of rotatable bonds is 0. The Hall–Kier alpha value is -0.880. The summed E-state index contributed by atoms with van der Waals surface area (Å²) in [5, 5.41) is 0.193. The van der Waals surface area contributed by atoms with Crippen LogP contribution in [0.15, 0.2) is 16.6 Å². The summed E-state index contributed by atoms with van der Waals surface area (Å²) < 4.78 is 38.0. The molecule has 1 aromatic heterocycles. The normalized spacial score (nSPS) is 12.1. The van der Waals surface area contributed by atoms with Crippen molar-refractivity contribution in [1.82, 2.24) is 9.97 Å². The Morgan fingerprint density at radius 1 is 1.24 bits per heavy atom. The Kier molecular flexibility index (Phi) is 3.03. The average molecular weight is 326 g/mol. The highest BCUT2D eigenvalue weighted by atomic mass is 79.9. The first kappa shape index (κ1) is 12.6. The van der Waals surface area contributed by atoms with Crippen molar-refractivity contribution in [3.8, 4) is 0 Å². The molecule has 0 aliphatic rings. The van der Waals surface area contributed by atoms with Gasteiger partial charge in [0.2, 0.25) is 5.82 Å². The van der Waals surface area contributed by atoms with Crippen LogP contribution in [0, 0.1) is 6.92 Å². The topological polar surface area (TPSA) is 25.8 Å². The molecule has 7 heteroatoms. The van der Waals surface area contributed by atoms with Crippen LogP contribution in [0.5, 0.6) is 0 Å². The number of fused-ring (bicyclic) bond motifs is 1. The minimum atomic E-state index is -4.61. The molecule has 1 aromatic carbocycles. The van der Waals surface area contributed by atoms with Gasteiger partial charge < -0.3 is 0 Å². The van der Waals surface area contributed by atoms with E-state index < -0.39 is 12.0 Å². The number of nitrogens with zero attached hydrogens (tertiary/aromatic N) is 2. The van der Waals surface area contributed by atoms with Crippen LogP contribution in [-0.4, -0.2) is 9.97 Å². The van der Waals surface area contributed by atoms with E-state index in [-0.39, 0.29) is 10.7 Å². The maximum atomic E-state index is 12.5. The van der Waals surface area contributed by atoms with E-state index in [1.54, 1.807) is 19.1 Å². The van der Waals surface area contributed by atoms with Gasteiger partial charge in [-0.1, -0.05) is 11.6 Å². The molecule has 90 valence electrons. The molecule has 0 bridgehead atoms. The number of alkyl halides is 3. The Balaban J connectivity index is 2.83. The van der Waals surface area contributed by atoms with Crippen LogP contribution in [0.3, 0.4) is 0 Å². The second-order valence-corrected chi connectivity index (χ2v) is 4.69. The summed E-state index contributed by atoms with van der Waals surface area (Å²) in [6, 6.07) is 3.31. The Morgan fingerprint density at radius 2 is 1.88 bits per heavy atom. The fourth-order valence-electron chi connectivity index (χ4n) is 1.42. The number of hydrogen-bond donors (Lipinski definition) is 0. The van der Waals surface area contributed by atoms with Crippen molar-refractivity contribution in [3.05, 3.63) is 33.1 Å². The predicted octanol–water partition coefficient (Wildman–Crippen LogP) is 4.37. The molecule has 0 atom stereocenters. The van der Waals surface area contributed by atoms with Gasteiger partial charge in [0, 0.05) is 9.86 Å². The highest BCUT2D eigenvalue weighted by molar-refractivity contribution is 9.10. The maximum Gasteiger partial charge on any atom is 0.451 e. The van der Waals surface area contributed by atoms with E-state index in [2.05, 4.69) is 25.9 Å². The smallest absolute Gasteiger partial charge is 0.223 e. The van der Waals surface area contributed by atoms with Crippen LogP contribution in [0.4, 0.5) is 13.2 Å². The van der Waals surface area contributed by atoms with Gasteiger partial charge in [0.1, 0.15) is 5.15 Å². The summed E-state index contributed by atoms with van der Waals surface area (Å²) >= 11 is 8.91. The number of benzene rings is 1. The summed E-state index contributed by atoms with van der Waals surface area (Å²) in [4.78, 5) is 6.74. The number of aromatic nitrogens is 2. The first-order valence-corrected chi connectivity index (χ1v) is 5.67. The Morgan fingerprint density at radius 3 is 2.47 bits per heavy atom. The molecule has 0 aliphatic heterocycles. The molecule has 0 saturated carbocycles. The molecule has 0 aliphatic carbocycles. The molecule has 2 nitrogen and oxygen atoms in total. The molecule has 0 amide bonds. The van der Waals surface area contributed by atoms with Crippen molar-refractivity contribution in [2.45, 2.75) is 13.1 Å². The van der Waals surface area contributed by atoms with Crippen LogP contribution in [0.2, 0.25) is 5.15 Å². The zero-order chi connectivity index (χ0) is 12.8. The summed E-state index contributed by atoms with van der Waals surface area (Å²) in [7, 11) is 0. The van der Waals surface area contributed by atoms with Gasteiger partial charge in [-0.05, 0) is 40.5 Å². The molecule has 0 spiro atoms. The van der Waals surface area contributed by atoms with E-state index >= 15 is 0 Å². The van der Waals surface area contributed by atoms with Gasteiger partial charge in [-0.2, -0.15) is 13.2 Å². The predicted molar refractivity (Wildman–Crippen MR) is 62.0 cm³/mol. The van der Waals surface area contributed by atoms with Crippen molar-refractivity contribution in [2.75, 3.05) is 0 Å². The van der Waals surface area contributed by atoms with Crippen molar-refractivity contribution >= 4 is 38.4 Å². The highest BCUT2D eigenvalue weighted by Gasteiger charge is 2.35. The zero-order valence-electron chi connectivity index (χ0n) is 8.44. The SMILES string of the molecule is Cc1cc(Br)c2nc(C(F)(F)F)nc(Cl)c2c1. The maximum absolute atomic E-state index is 12.5. The third-order valence-electron chi connectivity index (χ3n) is 2.11. The molecular weight excluding hydrogens is 320 g/mol. The monoisotopic (exact) mass is 324 g/mol. The van der Waals surface area contributed by atoms with Crippen molar-refractivity contribution < 1.29 is 13.2 Å². The summed E-state index contributed by atoms with van der Waals surface area (Å²) in [5.41, 5.74) is 1.01. The quantitative estimate of drug-likeness (QED) is 0.672. The van der Waals surface area contributed by atoms with Gasteiger partial charge in [0.25, 0.3) is 0 Å². The van der Waals surface area contributed by atoms with Crippen molar-refractivity contribution in [1.29, 1.82) is 0 Å². The van der Waals surface area contributed by atoms with E-state index in [0.29, 0.717) is 9.86 Å². The Labute approximate surface area is 108 Å². The molecule has 0 fully saturated rings. The highest BCUT2D eigenvalue weighted by Crippen LogP contribution is 2.33. The van der Waals surface area contributed by atoms with Gasteiger partial charge in [-0.25, -0.2) is 9.97 Å². The first-order valence-electron chi connectivity index (χ1n) is 4.49. The minimum Gasteiger partial charge on any atom is -0.223 e. The van der Waals surface area contributed by atoms with Crippen molar-refractivity contribution in [3.63, 3.8) is 0 Å². The van der Waals surface area contributed by atoms with Crippen LogP contribution >= 0.6 is 27.5 Å². The van der Waals surface area contributed by atoms with E-state index in [0.717, 1.165) is 5.56 Å². The number of hydrogen-bond acceptors (Lipinski definition) is 2. The molecule has 2 aromatic rings. The molecule has 1 heterocycles. The second kappa shape index (κ2) is 4.10. The molecule has 0 radical (unpaired) electrons. The van der Waals surface area contributed by atoms with Gasteiger partial charge in [-0.15, -0.1) is 0 Å². The molecule has 0 N–H and O–H groups in total. The van der Waals surface area contributed by atoms with Crippen LogP contribution in [-0.2, 0) is 6.18 Å². The zero-order valence-corrected chi connectivity index (χ0v) is 10.8. The number of halogens is 5. The molecule has 0 unspecified atom stereocenters. The molecular formula is C10H5BrClF3N2. The minimum absolute atomic E-state index is 0.155. The van der Waals surface area contributed by atoms with Crippen LogP contribution < -0.4 is 0 Å². The summed E-state index contributed by atoms with van der Waals surface area (Å²) in [5.74, 6) is -1.24. The molecule has 0 saturated heterocycles. The van der Waals surface area contributed by atoms with Gasteiger partial charge in [-0.3, -0.25) is 0 Å². The first-order chi connectivity index (χ1) is 7.79. The van der Waals surface area contributed by atoms with Crippen molar-refractivity contribution in [2.24, 2.45) is 0 Å². The van der Waals surface area contributed by atoms with E-state index in [9.17, 15) is 13.2 Å². The largest absolute Gasteiger partial charge is 0.451 e. The lowest BCUT2D eigenvalue weighted by atomic mass is 10.2. The third-order valence-corrected chi connectivity index (χ3v) is 3.00. The van der Waals surface area contributed by atoms with Gasteiger partial charge in [0.05, 0.1) is 5.52 Å². The van der Waals surface area contributed by atoms with E-state index in [1.165, 1.54) is 0 Å². The summed E-state index contributed by atoms with van der Waals surface area (Å²) in [6.45, 7) is 1.80. The van der Waals surface area contributed by atoms with Crippen LogP contribution in [0.25, 0.3) is 10.9 Å².